The molecule has 0 spiro atoms. The monoisotopic (exact) mass is 525 g/mol. The van der Waals surface area contributed by atoms with E-state index in [1.54, 1.807) is 7.11 Å². The Bertz CT molecular complexity index is 871. The van der Waals surface area contributed by atoms with Crippen molar-refractivity contribution in [3.63, 3.8) is 0 Å². The first-order chi connectivity index (χ1) is 18.7. The number of carbonyl (C=O) groups excluding carboxylic acids is 1. The number of hydrogen-bond donors (Lipinski definition) is 1. The Hall–Kier alpha value is -2.53. The van der Waals surface area contributed by atoms with Crippen LogP contribution in [0.15, 0.2) is 48.5 Å². The summed E-state index contributed by atoms with van der Waals surface area (Å²) < 4.78 is 17.1. The van der Waals surface area contributed by atoms with Gasteiger partial charge in [-0.3, -0.25) is 4.79 Å². The first kappa shape index (κ1) is 31.7. The second kappa shape index (κ2) is 20.4. The first-order valence-electron chi connectivity index (χ1n) is 14.9. The lowest BCUT2D eigenvalue weighted by atomic mass is 10.0. The quantitative estimate of drug-likeness (QED) is 0.124. The van der Waals surface area contributed by atoms with E-state index in [2.05, 4.69) is 6.92 Å². The molecule has 2 N–H and O–H groups in total. The number of methoxy groups -OCH3 is 1. The lowest BCUT2D eigenvalue weighted by Crippen LogP contribution is -2.34. The molecule has 0 radical (unpaired) electrons. The van der Waals surface area contributed by atoms with E-state index in [0.29, 0.717) is 31.1 Å². The van der Waals surface area contributed by atoms with E-state index in [9.17, 15) is 4.79 Å². The Morgan fingerprint density at radius 2 is 1.34 bits per heavy atom. The lowest BCUT2D eigenvalue weighted by Gasteiger charge is -2.17. The summed E-state index contributed by atoms with van der Waals surface area (Å²) in [6.07, 6.45) is 18.5. The smallest absolute Gasteiger partial charge is 0.323 e. The van der Waals surface area contributed by atoms with Gasteiger partial charge in [0.05, 0.1) is 13.7 Å². The van der Waals surface area contributed by atoms with Crippen LogP contribution >= 0.6 is 0 Å². The fourth-order valence-corrected chi connectivity index (χ4v) is 4.67. The Balaban J connectivity index is 1.58. The van der Waals surface area contributed by atoms with Crippen molar-refractivity contribution in [2.75, 3.05) is 13.7 Å². The van der Waals surface area contributed by atoms with Gasteiger partial charge in [0.25, 0.3) is 0 Å². The molecule has 38 heavy (non-hydrogen) atoms. The Morgan fingerprint density at radius 1 is 0.763 bits per heavy atom. The van der Waals surface area contributed by atoms with E-state index >= 15 is 0 Å². The molecular formula is C33H51NO4. The molecule has 5 nitrogen and oxygen atoms in total. The average Bonchev–Trinajstić information content (AvgIpc) is 2.94. The van der Waals surface area contributed by atoms with Gasteiger partial charge in [0.2, 0.25) is 0 Å². The van der Waals surface area contributed by atoms with E-state index in [0.717, 1.165) is 24.0 Å². The van der Waals surface area contributed by atoms with Gasteiger partial charge in [-0.25, -0.2) is 0 Å². The van der Waals surface area contributed by atoms with Crippen molar-refractivity contribution < 1.29 is 19.0 Å². The molecule has 1 atom stereocenters. The maximum Gasteiger partial charge on any atom is 0.323 e. The number of hydrogen-bond acceptors (Lipinski definition) is 5. The molecule has 0 saturated carbocycles. The molecule has 0 aliphatic heterocycles. The fraction of sp³-hybridized carbons (Fsp3) is 0.606. The van der Waals surface area contributed by atoms with E-state index in [4.69, 9.17) is 19.9 Å². The van der Waals surface area contributed by atoms with Crippen molar-refractivity contribution in [3.8, 4) is 11.5 Å². The topological polar surface area (TPSA) is 70.8 Å². The van der Waals surface area contributed by atoms with E-state index < -0.39 is 6.04 Å². The number of ether oxygens (including phenoxy) is 3. The van der Waals surface area contributed by atoms with E-state index in [-0.39, 0.29) is 5.97 Å². The third-order valence-corrected chi connectivity index (χ3v) is 6.99. The van der Waals surface area contributed by atoms with Crippen molar-refractivity contribution in [1.82, 2.24) is 0 Å². The molecule has 0 heterocycles. The van der Waals surface area contributed by atoms with Crippen molar-refractivity contribution in [1.29, 1.82) is 0 Å². The predicted octanol–water partition coefficient (Wildman–Crippen LogP) is 8.17. The van der Waals surface area contributed by atoms with E-state index in [1.165, 1.54) is 77.0 Å². The Kier molecular flexibility index (Phi) is 17.0. The molecular weight excluding hydrogens is 474 g/mol. The van der Waals surface area contributed by atoms with Crippen LogP contribution in [0.4, 0.5) is 0 Å². The van der Waals surface area contributed by atoms with Crippen LogP contribution in [0.1, 0.15) is 108 Å². The third-order valence-electron chi connectivity index (χ3n) is 6.99. The Morgan fingerprint density at radius 3 is 1.92 bits per heavy atom. The molecule has 0 aliphatic carbocycles. The van der Waals surface area contributed by atoms with Crippen LogP contribution in [-0.4, -0.2) is 25.7 Å². The summed E-state index contributed by atoms with van der Waals surface area (Å²) in [4.78, 5) is 12.5. The minimum absolute atomic E-state index is 0.332. The summed E-state index contributed by atoms with van der Waals surface area (Å²) in [6.45, 7) is 3.11. The summed E-state index contributed by atoms with van der Waals surface area (Å²) in [6, 6.07) is 14.9. The third kappa shape index (κ3) is 13.3. The number of carbonyl (C=O) groups is 1. The molecule has 0 saturated heterocycles. The summed E-state index contributed by atoms with van der Waals surface area (Å²) in [7, 11) is 1.61. The second-order valence-corrected chi connectivity index (χ2v) is 10.3. The first-order valence-corrected chi connectivity index (χ1v) is 14.9. The van der Waals surface area contributed by atoms with Gasteiger partial charge in [-0.1, -0.05) is 133 Å². The van der Waals surface area contributed by atoms with Crippen LogP contribution in [0.5, 0.6) is 11.5 Å². The second-order valence-electron chi connectivity index (χ2n) is 10.3. The molecule has 0 bridgehead atoms. The fourth-order valence-electron chi connectivity index (χ4n) is 4.67. The van der Waals surface area contributed by atoms with Gasteiger partial charge in [-0.05, 0) is 18.1 Å². The number of benzene rings is 2. The zero-order valence-corrected chi connectivity index (χ0v) is 23.9. The normalized spacial score (nSPS) is 11.8. The highest BCUT2D eigenvalue weighted by Gasteiger charge is 2.20. The van der Waals surface area contributed by atoms with Gasteiger partial charge < -0.3 is 19.9 Å². The van der Waals surface area contributed by atoms with Crippen molar-refractivity contribution in [3.05, 3.63) is 59.7 Å². The number of unbranched alkanes of at least 4 members (excludes halogenated alkanes) is 13. The van der Waals surface area contributed by atoms with Crippen LogP contribution in [0.2, 0.25) is 0 Å². The highest BCUT2D eigenvalue weighted by atomic mass is 16.5. The van der Waals surface area contributed by atoms with E-state index in [1.807, 2.05) is 48.5 Å². The number of nitrogens with two attached hydrogens (primary N) is 1. The van der Waals surface area contributed by atoms with Gasteiger partial charge in [-0.2, -0.15) is 0 Å². The lowest BCUT2D eigenvalue weighted by molar-refractivity contribution is -0.145. The maximum absolute atomic E-state index is 12.5. The molecule has 2 aromatic rings. The molecule has 212 valence electrons. The maximum atomic E-state index is 12.5. The van der Waals surface area contributed by atoms with Crippen molar-refractivity contribution in [2.24, 2.45) is 5.73 Å². The molecule has 2 rings (SSSR count). The van der Waals surface area contributed by atoms with Gasteiger partial charge in [0, 0.05) is 12.0 Å². The number of rotatable bonds is 22. The zero-order chi connectivity index (χ0) is 27.3. The van der Waals surface area contributed by atoms with Gasteiger partial charge in [0.15, 0.2) is 11.5 Å². The van der Waals surface area contributed by atoms with Gasteiger partial charge in [0.1, 0.15) is 12.6 Å². The van der Waals surface area contributed by atoms with Crippen LogP contribution < -0.4 is 15.2 Å². The molecule has 0 unspecified atom stereocenters. The van der Waals surface area contributed by atoms with Crippen LogP contribution in [0.3, 0.4) is 0 Å². The molecule has 5 heteroatoms. The summed E-state index contributed by atoms with van der Waals surface area (Å²) in [5.74, 6) is 0.881. The molecule has 0 fully saturated rings. The minimum Gasteiger partial charge on any atom is -0.493 e. The predicted molar refractivity (Wildman–Crippen MR) is 157 cm³/mol. The zero-order valence-electron chi connectivity index (χ0n) is 23.9. The molecule has 0 amide bonds. The minimum atomic E-state index is -0.743. The Labute approximate surface area is 231 Å². The van der Waals surface area contributed by atoms with Gasteiger partial charge >= 0.3 is 5.97 Å². The highest BCUT2D eigenvalue weighted by molar-refractivity contribution is 5.76. The average molecular weight is 526 g/mol. The van der Waals surface area contributed by atoms with Gasteiger partial charge in [-0.15, -0.1) is 0 Å². The highest BCUT2D eigenvalue weighted by Crippen LogP contribution is 2.32. The SMILES string of the molecule is CCCCCCCCCCCCCCCCOC(=O)[C@@H](N)Cc1cccc(OC)c1OCc1ccccc1. The van der Waals surface area contributed by atoms with Crippen LogP contribution in [0, 0.1) is 0 Å². The largest absolute Gasteiger partial charge is 0.493 e. The number of para-hydroxylation sites is 1. The van der Waals surface area contributed by atoms with Crippen molar-refractivity contribution >= 4 is 5.97 Å². The summed E-state index contributed by atoms with van der Waals surface area (Å²) in [5, 5.41) is 0. The molecule has 0 aromatic heterocycles. The summed E-state index contributed by atoms with van der Waals surface area (Å²) >= 11 is 0. The van der Waals surface area contributed by atoms with Crippen LogP contribution in [0.25, 0.3) is 0 Å². The van der Waals surface area contributed by atoms with Crippen LogP contribution in [-0.2, 0) is 22.6 Å². The molecule has 2 aromatic carbocycles. The number of esters is 1. The standard InChI is InChI=1S/C33H51NO4/c1-3-4-5-6-7-8-9-10-11-12-13-14-15-19-25-37-33(35)30(34)26-29-23-20-24-31(36-2)32(29)38-27-28-21-17-16-18-22-28/h16-18,20-24,30H,3-15,19,25-27,34H2,1-2H3/t30-/m0/s1. The van der Waals surface area contributed by atoms with Crippen molar-refractivity contribution in [2.45, 2.75) is 116 Å². The molecule has 0 aliphatic rings. The summed E-state index contributed by atoms with van der Waals surface area (Å²) in [5.41, 5.74) is 8.10.